The van der Waals surface area contributed by atoms with Crippen LogP contribution in [0.3, 0.4) is 0 Å². The lowest BCUT2D eigenvalue weighted by atomic mass is 9.96. The first-order chi connectivity index (χ1) is 8.38. The molecule has 0 saturated carbocycles. The molecule has 0 spiro atoms. The zero-order valence-corrected chi connectivity index (χ0v) is 11.9. The first kappa shape index (κ1) is 15.4. The lowest BCUT2D eigenvalue weighted by molar-refractivity contribution is -0.126. The van der Waals surface area contributed by atoms with Crippen LogP contribution in [-0.4, -0.2) is 37.8 Å². The lowest BCUT2D eigenvalue weighted by Gasteiger charge is -2.30. The molecule has 0 bridgehead atoms. The number of nitrogens with two attached hydrogens (primary N) is 1. The Hall–Kier alpha value is -0.660. The third-order valence-electron chi connectivity index (χ3n) is 3.52. The molecule has 0 aromatic heterocycles. The van der Waals surface area contributed by atoms with Gasteiger partial charge in [-0.25, -0.2) is 5.14 Å². The molecule has 1 rings (SSSR count). The summed E-state index contributed by atoms with van der Waals surface area (Å²) in [6.45, 7) is 4.75. The van der Waals surface area contributed by atoms with Crippen LogP contribution in [0, 0.1) is 5.92 Å². The second kappa shape index (κ2) is 6.49. The van der Waals surface area contributed by atoms with E-state index in [0.29, 0.717) is 25.9 Å². The van der Waals surface area contributed by atoms with Crippen molar-refractivity contribution >= 4 is 16.1 Å². The van der Waals surface area contributed by atoms with E-state index in [1.807, 2.05) is 13.8 Å². The number of carbonyl (C=O) groups is 1. The number of rotatable bonds is 5. The summed E-state index contributed by atoms with van der Waals surface area (Å²) < 4.78 is 23.5. The molecular formula is C11H23N3O3S. The fourth-order valence-electron chi connectivity index (χ4n) is 2.18. The molecule has 0 unspecified atom stereocenters. The maximum absolute atomic E-state index is 12.0. The van der Waals surface area contributed by atoms with Gasteiger partial charge in [-0.15, -0.1) is 0 Å². The molecule has 0 aromatic carbocycles. The van der Waals surface area contributed by atoms with Crippen molar-refractivity contribution < 1.29 is 13.2 Å². The van der Waals surface area contributed by atoms with Crippen molar-refractivity contribution in [3.8, 4) is 0 Å². The Balaban J connectivity index is 2.45. The first-order valence-corrected chi connectivity index (χ1v) is 7.97. The second-order valence-electron chi connectivity index (χ2n) is 4.74. The minimum absolute atomic E-state index is 0.0396. The number of hydrogen-bond donors (Lipinski definition) is 2. The van der Waals surface area contributed by atoms with Crippen LogP contribution in [0.1, 0.15) is 39.5 Å². The summed E-state index contributed by atoms with van der Waals surface area (Å²) in [4.78, 5) is 12.0. The molecule has 1 aliphatic rings. The van der Waals surface area contributed by atoms with Gasteiger partial charge >= 0.3 is 0 Å². The van der Waals surface area contributed by atoms with Gasteiger partial charge in [0.25, 0.3) is 10.2 Å². The molecule has 1 fully saturated rings. The van der Waals surface area contributed by atoms with Crippen molar-refractivity contribution in [3.05, 3.63) is 0 Å². The standard InChI is InChI=1S/C11H23N3O3S/c1-3-10(4-2)13-11(15)9-5-7-14(8-6-9)18(12,16)17/h9-10H,3-8H2,1-2H3,(H,13,15)(H2,12,16,17). The highest BCUT2D eigenvalue weighted by atomic mass is 32.2. The van der Waals surface area contributed by atoms with E-state index in [1.54, 1.807) is 0 Å². The highest BCUT2D eigenvalue weighted by Gasteiger charge is 2.29. The van der Waals surface area contributed by atoms with Crippen LogP contribution in [0.4, 0.5) is 0 Å². The van der Waals surface area contributed by atoms with E-state index >= 15 is 0 Å². The monoisotopic (exact) mass is 277 g/mol. The Labute approximate surface area is 109 Å². The first-order valence-electron chi connectivity index (χ1n) is 6.46. The van der Waals surface area contributed by atoms with Crippen LogP contribution in [0.15, 0.2) is 0 Å². The fraction of sp³-hybridized carbons (Fsp3) is 0.909. The van der Waals surface area contributed by atoms with Gasteiger partial charge in [0.05, 0.1) is 0 Å². The summed E-state index contributed by atoms with van der Waals surface area (Å²) in [6, 6.07) is 0.216. The summed E-state index contributed by atoms with van der Waals surface area (Å²) >= 11 is 0. The SMILES string of the molecule is CCC(CC)NC(=O)C1CCN(S(N)(=O)=O)CC1. The smallest absolute Gasteiger partial charge is 0.276 e. The lowest BCUT2D eigenvalue weighted by Crippen LogP contribution is -2.46. The molecular weight excluding hydrogens is 254 g/mol. The quantitative estimate of drug-likeness (QED) is 0.752. The third kappa shape index (κ3) is 4.22. The molecule has 18 heavy (non-hydrogen) atoms. The zero-order chi connectivity index (χ0) is 13.8. The molecule has 106 valence electrons. The van der Waals surface area contributed by atoms with Gasteiger partial charge in [0.1, 0.15) is 0 Å². The van der Waals surface area contributed by atoms with Crippen LogP contribution in [0.25, 0.3) is 0 Å². The number of piperidine rings is 1. The van der Waals surface area contributed by atoms with Gasteiger partial charge in [-0.1, -0.05) is 13.8 Å². The number of amides is 1. The summed E-state index contributed by atoms with van der Waals surface area (Å²) in [5, 5.41) is 8.05. The Morgan fingerprint density at radius 1 is 1.33 bits per heavy atom. The van der Waals surface area contributed by atoms with Gasteiger partial charge in [0.15, 0.2) is 0 Å². The number of nitrogens with one attached hydrogen (secondary N) is 1. The number of nitrogens with zero attached hydrogens (tertiary/aromatic N) is 1. The summed E-state index contributed by atoms with van der Waals surface area (Å²) in [7, 11) is -3.61. The highest BCUT2D eigenvalue weighted by Crippen LogP contribution is 2.19. The van der Waals surface area contributed by atoms with E-state index in [1.165, 1.54) is 4.31 Å². The van der Waals surface area contributed by atoms with Gasteiger partial charge in [-0.2, -0.15) is 12.7 Å². The molecule has 1 aliphatic heterocycles. The molecule has 0 aliphatic carbocycles. The fourth-order valence-corrected chi connectivity index (χ4v) is 2.90. The van der Waals surface area contributed by atoms with Gasteiger partial charge in [0, 0.05) is 25.0 Å². The Kier molecular flexibility index (Phi) is 5.55. The van der Waals surface area contributed by atoms with Crippen molar-refractivity contribution in [2.45, 2.75) is 45.6 Å². The average Bonchev–Trinajstić information content (AvgIpc) is 2.34. The van der Waals surface area contributed by atoms with Gasteiger partial charge in [-0.05, 0) is 25.7 Å². The maximum Gasteiger partial charge on any atom is 0.276 e. The minimum atomic E-state index is -3.61. The van der Waals surface area contributed by atoms with Crippen molar-refractivity contribution in [1.29, 1.82) is 0 Å². The van der Waals surface area contributed by atoms with Crippen LogP contribution < -0.4 is 10.5 Å². The molecule has 1 saturated heterocycles. The average molecular weight is 277 g/mol. The maximum atomic E-state index is 12.0. The van der Waals surface area contributed by atoms with Crippen LogP contribution in [0.5, 0.6) is 0 Å². The molecule has 0 aromatic rings. The molecule has 7 heteroatoms. The van der Waals surface area contributed by atoms with E-state index in [9.17, 15) is 13.2 Å². The molecule has 3 N–H and O–H groups in total. The van der Waals surface area contributed by atoms with E-state index in [0.717, 1.165) is 12.8 Å². The van der Waals surface area contributed by atoms with Crippen molar-refractivity contribution in [2.24, 2.45) is 11.1 Å². The van der Waals surface area contributed by atoms with Gasteiger partial charge in [0.2, 0.25) is 5.91 Å². The summed E-state index contributed by atoms with van der Waals surface area (Å²) in [5.41, 5.74) is 0. The topological polar surface area (TPSA) is 92.5 Å². The van der Waals surface area contributed by atoms with Crippen LogP contribution >= 0.6 is 0 Å². The minimum Gasteiger partial charge on any atom is -0.353 e. The predicted molar refractivity (Wildman–Crippen MR) is 69.9 cm³/mol. The van der Waals surface area contributed by atoms with Gasteiger partial charge < -0.3 is 5.32 Å². The largest absolute Gasteiger partial charge is 0.353 e. The van der Waals surface area contributed by atoms with E-state index in [4.69, 9.17) is 5.14 Å². The second-order valence-corrected chi connectivity index (χ2v) is 6.29. The Morgan fingerprint density at radius 3 is 2.22 bits per heavy atom. The summed E-state index contributed by atoms with van der Waals surface area (Å²) in [5.74, 6) is -0.0543. The zero-order valence-electron chi connectivity index (χ0n) is 11.1. The van der Waals surface area contributed by atoms with E-state index < -0.39 is 10.2 Å². The van der Waals surface area contributed by atoms with Gasteiger partial charge in [-0.3, -0.25) is 4.79 Å². The normalized spacial score (nSPS) is 19.1. The molecule has 1 heterocycles. The molecule has 0 atom stereocenters. The predicted octanol–water partition coefficient (Wildman–Crippen LogP) is 0.207. The number of hydrogen-bond acceptors (Lipinski definition) is 3. The van der Waals surface area contributed by atoms with E-state index in [-0.39, 0.29) is 17.9 Å². The van der Waals surface area contributed by atoms with Crippen molar-refractivity contribution in [1.82, 2.24) is 9.62 Å². The van der Waals surface area contributed by atoms with E-state index in [2.05, 4.69) is 5.32 Å². The van der Waals surface area contributed by atoms with Crippen LogP contribution in [-0.2, 0) is 15.0 Å². The Bertz CT molecular complexity index is 371. The van der Waals surface area contributed by atoms with Crippen molar-refractivity contribution in [3.63, 3.8) is 0 Å². The summed E-state index contributed by atoms with van der Waals surface area (Å²) in [6.07, 6.45) is 2.92. The Morgan fingerprint density at radius 2 is 1.83 bits per heavy atom. The third-order valence-corrected chi connectivity index (χ3v) is 4.60. The number of carbonyl (C=O) groups excluding carboxylic acids is 1. The van der Waals surface area contributed by atoms with Crippen molar-refractivity contribution in [2.75, 3.05) is 13.1 Å². The van der Waals surface area contributed by atoms with Crippen LogP contribution in [0.2, 0.25) is 0 Å². The molecule has 6 nitrogen and oxygen atoms in total. The highest BCUT2D eigenvalue weighted by molar-refractivity contribution is 7.86. The molecule has 0 radical (unpaired) electrons. The molecule has 1 amide bonds.